The Morgan fingerprint density at radius 2 is 2.09 bits per heavy atom. The lowest BCUT2D eigenvalue weighted by Crippen LogP contribution is -2.07. The molecule has 0 aliphatic rings. The van der Waals surface area contributed by atoms with Crippen molar-refractivity contribution in [1.82, 2.24) is 0 Å². The van der Waals surface area contributed by atoms with Crippen LogP contribution in [0.1, 0.15) is 33.6 Å². The molecule has 0 heterocycles. The second kappa shape index (κ2) is 4.96. The zero-order valence-corrected chi connectivity index (χ0v) is 7.55. The van der Waals surface area contributed by atoms with E-state index in [0.717, 1.165) is 6.42 Å². The Morgan fingerprint density at radius 3 is 2.36 bits per heavy atom. The molecular formula is C10H16O. The fourth-order valence-corrected chi connectivity index (χ4v) is 0.968. The Balaban J connectivity index is 3.73. The van der Waals surface area contributed by atoms with Gasteiger partial charge in [0.1, 0.15) is 5.78 Å². The Morgan fingerprint density at radius 1 is 1.55 bits per heavy atom. The molecule has 0 fully saturated rings. The van der Waals surface area contributed by atoms with Crippen LogP contribution < -0.4 is 0 Å². The summed E-state index contributed by atoms with van der Waals surface area (Å²) in [6.07, 6.45) is 6.75. The highest BCUT2D eigenvalue weighted by Gasteiger charge is 2.10. The van der Waals surface area contributed by atoms with E-state index in [9.17, 15) is 4.79 Å². The minimum Gasteiger partial charge on any atom is -0.300 e. The summed E-state index contributed by atoms with van der Waals surface area (Å²) in [7, 11) is 0. The Labute approximate surface area is 69.2 Å². The lowest BCUT2D eigenvalue weighted by Gasteiger charge is -2.12. The van der Waals surface area contributed by atoms with Crippen LogP contribution in [0.25, 0.3) is 0 Å². The van der Waals surface area contributed by atoms with Crippen LogP contribution in [-0.4, -0.2) is 5.78 Å². The third-order valence-electron chi connectivity index (χ3n) is 1.83. The lowest BCUT2D eigenvalue weighted by atomic mass is 9.91. The standard InChI is InChI=1S/C10H16O/c1-5-10(8(2)3)7-6-9(4)11/h1,8,10H,6-7H2,2-4H3. The van der Waals surface area contributed by atoms with E-state index in [-0.39, 0.29) is 11.7 Å². The first-order chi connectivity index (χ1) is 5.07. The molecule has 0 saturated heterocycles. The summed E-state index contributed by atoms with van der Waals surface area (Å²) in [5.41, 5.74) is 0. The largest absolute Gasteiger partial charge is 0.300 e. The summed E-state index contributed by atoms with van der Waals surface area (Å²) in [6.45, 7) is 5.78. The van der Waals surface area contributed by atoms with Crippen LogP contribution in [0.5, 0.6) is 0 Å². The van der Waals surface area contributed by atoms with Crippen LogP contribution in [0.4, 0.5) is 0 Å². The molecule has 0 radical (unpaired) electrons. The molecule has 0 amide bonds. The number of ketones is 1. The monoisotopic (exact) mass is 152 g/mol. The van der Waals surface area contributed by atoms with E-state index in [1.807, 2.05) is 0 Å². The number of carbonyl (C=O) groups excluding carboxylic acids is 1. The van der Waals surface area contributed by atoms with Crippen molar-refractivity contribution >= 4 is 5.78 Å². The zero-order chi connectivity index (χ0) is 8.85. The highest BCUT2D eigenvalue weighted by molar-refractivity contribution is 5.75. The van der Waals surface area contributed by atoms with E-state index in [4.69, 9.17) is 6.42 Å². The molecule has 1 unspecified atom stereocenters. The van der Waals surface area contributed by atoms with Gasteiger partial charge in [-0.15, -0.1) is 12.3 Å². The summed E-state index contributed by atoms with van der Waals surface area (Å²) in [4.78, 5) is 10.6. The number of hydrogen-bond donors (Lipinski definition) is 0. The van der Waals surface area contributed by atoms with Crippen LogP contribution in [0, 0.1) is 24.2 Å². The van der Waals surface area contributed by atoms with E-state index in [2.05, 4.69) is 19.8 Å². The molecule has 1 atom stereocenters. The van der Waals surface area contributed by atoms with Gasteiger partial charge in [-0.25, -0.2) is 0 Å². The van der Waals surface area contributed by atoms with Crippen molar-refractivity contribution in [1.29, 1.82) is 0 Å². The second-order valence-electron chi connectivity index (χ2n) is 3.26. The fraction of sp³-hybridized carbons (Fsp3) is 0.700. The second-order valence-corrected chi connectivity index (χ2v) is 3.26. The highest BCUT2D eigenvalue weighted by atomic mass is 16.1. The van der Waals surface area contributed by atoms with Gasteiger partial charge < -0.3 is 4.79 Å². The third-order valence-corrected chi connectivity index (χ3v) is 1.83. The molecular weight excluding hydrogens is 136 g/mol. The van der Waals surface area contributed by atoms with Crippen molar-refractivity contribution in [3.8, 4) is 12.3 Å². The molecule has 0 rings (SSSR count). The van der Waals surface area contributed by atoms with Crippen LogP contribution >= 0.6 is 0 Å². The average Bonchev–Trinajstić information content (AvgIpc) is 1.87. The molecule has 0 bridgehead atoms. The number of hydrogen-bond acceptors (Lipinski definition) is 1. The van der Waals surface area contributed by atoms with Gasteiger partial charge in [-0.1, -0.05) is 13.8 Å². The molecule has 0 aromatic heterocycles. The Hall–Kier alpha value is -0.770. The fourth-order valence-electron chi connectivity index (χ4n) is 0.968. The molecule has 0 aliphatic heterocycles. The van der Waals surface area contributed by atoms with Crippen molar-refractivity contribution in [2.75, 3.05) is 0 Å². The topological polar surface area (TPSA) is 17.1 Å². The predicted octanol–water partition coefficient (Wildman–Crippen LogP) is 2.26. The maximum atomic E-state index is 10.6. The third kappa shape index (κ3) is 4.61. The number of rotatable bonds is 4. The number of Topliss-reactive ketones (excluding diaryl/α,β-unsaturated/α-hetero) is 1. The van der Waals surface area contributed by atoms with Crippen LogP contribution in [0.2, 0.25) is 0 Å². The summed E-state index contributed by atoms with van der Waals surface area (Å²) >= 11 is 0. The zero-order valence-electron chi connectivity index (χ0n) is 7.55. The first-order valence-electron chi connectivity index (χ1n) is 4.03. The van der Waals surface area contributed by atoms with Gasteiger partial charge in [0.25, 0.3) is 0 Å². The van der Waals surface area contributed by atoms with Gasteiger partial charge in [0, 0.05) is 12.3 Å². The lowest BCUT2D eigenvalue weighted by molar-refractivity contribution is -0.117. The molecule has 1 nitrogen and oxygen atoms in total. The SMILES string of the molecule is C#CC(CCC(C)=O)C(C)C. The van der Waals surface area contributed by atoms with Gasteiger partial charge in [0.15, 0.2) is 0 Å². The maximum Gasteiger partial charge on any atom is 0.129 e. The van der Waals surface area contributed by atoms with Gasteiger partial charge in [-0.05, 0) is 19.3 Å². The van der Waals surface area contributed by atoms with Gasteiger partial charge in [0.2, 0.25) is 0 Å². The van der Waals surface area contributed by atoms with E-state index in [0.29, 0.717) is 12.3 Å². The van der Waals surface area contributed by atoms with Gasteiger partial charge >= 0.3 is 0 Å². The van der Waals surface area contributed by atoms with Gasteiger partial charge in [0.05, 0.1) is 0 Å². The van der Waals surface area contributed by atoms with Crippen molar-refractivity contribution < 1.29 is 4.79 Å². The van der Waals surface area contributed by atoms with Crippen LogP contribution in [0.15, 0.2) is 0 Å². The Bertz CT molecular complexity index is 162. The Kier molecular flexibility index (Phi) is 4.61. The molecule has 62 valence electrons. The quantitative estimate of drug-likeness (QED) is 0.565. The summed E-state index contributed by atoms with van der Waals surface area (Å²) < 4.78 is 0. The van der Waals surface area contributed by atoms with Crippen molar-refractivity contribution in [2.45, 2.75) is 33.6 Å². The predicted molar refractivity (Wildman–Crippen MR) is 47.1 cm³/mol. The summed E-state index contributed by atoms with van der Waals surface area (Å²) in [6, 6.07) is 0. The maximum absolute atomic E-state index is 10.6. The van der Waals surface area contributed by atoms with E-state index in [1.54, 1.807) is 6.92 Å². The van der Waals surface area contributed by atoms with Crippen molar-refractivity contribution in [3.05, 3.63) is 0 Å². The van der Waals surface area contributed by atoms with E-state index in [1.165, 1.54) is 0 Å². The molecule has 0 aliphatic carbocycles. The smallest absolute Gasteiger partial charge is 0.129 e. The average molecular weight is 152 g/mol. The molecule has 0 spiro atoms. The van der Waals surface area contributed by atoms with Crippen LogP contribution in [0.3, 0.4) is 0 Å². The minimum absolute atomic E-state index is 0.228. The molecule has 0 aromatic rings. The first kappa shape index (κ1) is 10.2. The van der Waals surface area contributed by atoms with Gasteiger partial charge in [-0.3, -0.25) is 0 Å². The molecule has 0 saturated carbocycles. The minimum atomic E-state index is 0.228. The molecule has 0 N–H and O–H groups in total. The molecule has 0 aromatic carbocycles. The number of terminal acetylenes is 1. The number of carbonyl (C=O) groups is 1. The molecule has 1 heteroatoms. The summed E-state index contributed by atoms with van der Waals surface area (Å²) in [5, 5.41) is 0. The van der Waals surface area contributed by atoms with E-state index < -0.39 is 0 Å². The van der Waals surface area contributed by atoms with E-state index >= 15 is 0 Å². The van der Waals surface area contributed by atoms with Gasteiger partial charge in [-0.2, -0.15) is 0 Å². The summed E-state index contributed by atoms with van der Waals surface area (Å²) in [5.74, 6) is 3.68. The normalized spacial score (nSPS) is 12.6. The molecule has 11 heavy (non-hydrogen) atoms. The van der Waals surface area contributed by atoms with Crippen molar-refractivity contribution in [3.63, 3.8) is 0 Å². The van der Waals surface area contributed by atoms with Crippen LogP contribution in [-0.2, 0) is 4.79 Å². The first-order valence-corrected chi connectivity index (χ1v) is 4.03. The highest BCUT2D eigenvalue weighted by Crippen LogP contribution is 2.15. The van der Waals surface area contributed by atoms with Crippen molar-refractivity contribution in [2.24, 2.45) is 11.8 Å².